The minimum absolute atomic E-state index is 0.159. The molecule has 2 atom stereocenters. The van der Waals surface area contributed by atoms with Gasteiger partial charge in [0.1, 0.15) is 19.0 Å². The van der Waals surface area contributed by atoms with E-state index in [0.29, 0.717) is 6.42 Å². The molecule has 15 heavy (non-hydrogen) atoms. The van der Waals surface area contributed by atoms with E-state index in [1.165, 1.54) is 6.92 Å². The summed E-state index contributed by atoms with van der Waals surface area (Å²) < 4.78 is 15.7. The van der Waals surface area contributed by atoms with Crippen LogP contribution in [0.3, 0.4) is 0 Å². The summed E-state index contributed by atoms with van der Waals surface area (Å²) in [6.45, 7) is 4.95. The molecule has 0 bridgehead atoms. The molecule has 86 valence electrons. The highest BCUT2D eigenvalue weighted by atomic mass is 16.7. The van der Waals surface area contributed by atoms with Crippen LogP contribution in [0.4, 0.5) is 0 Å². The third kappa shape index (κ3) is 3.97. The second kappa shape index (κ2) is 4.72. The van der Waals surface area contributed by atoms with E-state index in [9.17, 15) is 9.59 Å². The zero-order valence-electron chi connectivity index (χ0n) is 9.19. The normalized spacial score (nSPS) is 29.5. The minimum Gasteiger partial charge on any atom is -0.463 e. The molecule has 0 aromatic rings. The summed E-state index contributed by atoms with van der Waals surface area (Å²) in [5.41, 5.74) is 0. The van der Waals surface area contributed by atoms with Crippen LogP contribution in [0.25, 0.3) is 0 Å². The molecule has 1 heterocycles. The molecule has 0 N–H and O–H groups in total. The smallest absolute Gasteiger partial charge is 0.302 e. The largest absolute Gasteiger partial charge is 0.463 e. The van der Waals surface area contributed by atoms with E-state index in [1.54, 1.807) is 13.8 Å². The van der Waals surface area contributed by atoms with E-state index in [4.69, 9.17) is 14.2 Å². The predicted octanol–water partition coefficient (Wildman–Crippen LogP) is 0.659. The first-order valence-electron chi connectivity index (χ1n) is 4.87. The molecule has 0 aliphatic carbocycles. The molecule has 0 aromatic heterocycles. The van der Waals surface area contributed by atoms with Gasteiger partial charge in [-0.25, -0.2) is 0 Å². The monoisotopic (exact) mass is 216 g/mol. The van der Waals surface area contributed by atoms with Crippen LogP contribution in [0.5, 0.6) is 0 Å². The van der Waals surface area contributed by atoms with Gasteiger partial charge in [0.25, 0.3) is 0 Å². The SMILES string of the molecule is CC(=O)OCC1CC(C=O)OC(C)(C)O1. The van der Waals surface area contributed by atoms with Crippen molar-refractivity contribution in [3.05, 3.63) is 0 Å². The summed E-state index contributed by atoms with van der Waals surface area (Å²) in [7, 11) is 0. The van der Waals surface area contributed by atoms with Crippen molar-refractivity contribution in [2.24, 2.45) is 0 Å². The summed E-state index contributed by atoms with van der Waals surface area (Å²) in [6.07, 6.45) is 0.382. The molecular weight excluding hydrogens is 200 g/mol. The molecule has 5 heteroatoms. The van der Waals surface area contributed by atoms with Gasteiger partial charge in [0, 0.05) is 13.3 Å². The Morgan fingerprint density at radius 2 is 2.20 bits per heavy atom. The number of rotatable bonds is 3. The summed E-state index contributed by atoms with van der Waals surface area (Å²) in [4.78, 5) is 21.3. The third-order valence-corrected chi connectivity index (χ3v) is 2.01. The Bertz CT molecular complexity index is 248. The van der Waals surface area contributed by atoms with Gasteiger partial charge in [-0.05, 0) is 13.8 Å². The lowest BCUT2D eigenvalue weighted by Gasteiger charge is -2.38. The maximum absolute atomic E-state index is 10.6. The molecule has 5 nitrogen and oxygen atoms in total. The highest BCUT2D eigenvalue weighted by Crippen LogP contribution is 2.25. The van der Waals surface area contributed by atoms with Crippen molar-refractivity contribution in [2.75, 3.05) is 6.61 Å². The van der Waals surface area contributed by atoms with E-state index in [1.807, 2.05) is 0 Å². The Kier molecular flexibility index (Phi) is 3.82. The molecular formula is C10H16O5. The van der Waals surface area contributed by atoms with E-state index in [0.717, 1.165) is 6.29 Å². The first-order chi connectivity index (χ1) is 6.93. The second-order valence-corrected chi connectivity index (χ2v) is 3.97. The van der Waals surface area contributed by atoms with Gasteiger partial charge in [-0.15, -0.1) is 0 Å². The Morgan fingerprint density at radius 1 is 1.53 bits per heavy atom. The van der Waals surface area contributed by atoms with Crippen LogP contribution in [0.1, 0.15) is 27.2 Å². The second-order valence-electron chi connectivity index (χ2n) is 3.97. The van der Waals surface area contributed by atoms with Crippen LogP contribution in [-0.2, 0) is 23.8 Å². The molecule has 1 rings (SSSR count). The Balaban J connectivity index is 2.50. The fraction of sp³-hybridized carbons (Fsp3) is 0.800. The quantitative estimate of drug-likeness (QED) is 0.512. The van der Waals surface area contributed by atoms with Gasteiger partial charge in [0.2, 0.25) is 0 Å². The highest BCUT2D eigenvalue weighted by molar-refractivity contribution is 5.65. The average molecular weight is 216 g/mol. The molecule has 0 spiro atoms. The summed E-state index contributed by atoms with van der Waals surface area (Å²) in [6, 6.07) is 0. The minimum atomic E-state index is -0.811. The van der Waals surface area contributed by atoms with Gasteiger partial charge >= 0.3 is 5.97 Å². The number of esters is 1. The van der Waals surface area contributed by atoms with Crippen LogP contribution < -0.4 is 0 Å². The fourth-order valence-corrected chi connectivity index (χ4v) is 1.54. The molecule has 1 fully saturated rings. The lowest BCUT2D eigenvalue weighted by atomic mass is 10.1. The van der Waals surface area contributed by atoms with Crippen LogP contribution in [0.15, 0.2) is 0 Å². The number of hydrogen-bond acceptors (Lipinski definition) is 5. The number of aldehydes is 1. The van der Waals surface area contributed by atoms with Crippen LogP contribution >= 0.6 is 0 Å². The molecule has 1 aliphatic heterocycles. The molecule has 0 aromatic carbocycles. The molecule has 2 unspecified atom stereocenters. The van der Waals surface area contributed by atoms with E-state index < -0.39 is 11.9 Å². The lowest BCUT2D eigenvalue weighted by Crippen LogP contribution is -2.46. The fourth-order valence-electron chi connectivity index (χ4n) is 1.54. The maximum Gasteiger partial charge on any atom is 0.302 e. The van der Waals surface area contributed by atoms with Crippen molar-refractivity contribution < 1.29 is 23.8 Å². The lowest BCUT2D eigenvalue weighted by molar-refractivity contribution is -0.295. The zero-order chi connectivity index (χ0) is 11.5. The molecule has 1 aliphatic rings. The van der Waals surface area contributed by atoms with Gasteiger partial charge in [0.05, 0.1) is 6.10 Å². The van der Waals surface area contributed by atoms with Crippen molar-refractivity contribution in [2.45, 2.75) is 45.2 Å². The maximum atomic E-state index is 10.6. The van der Waals surface area contributed by atoms with Crippen molar-refractivity contribution in [3.8, 4) is 0 Å². The highest BCUT2D eigenvalue weighted by Gasteiger charge is 2.35. The summed E-state index contributed by atoms with van der Waals surface area (Å²) in [5, 5.41) is 0. The van der Waals surface area contributed by atoms with Crippen LogP contribution in [0.2, 0.25) is 0 Å². The van der Waals surface area contributed by atoms with Crippen LogP contribution in [-0.4, -0.2) is 36.9 Å². The molecule has 1 saturated heterocycles. The molecule has 0 saturated carbocycles. The standard InChI is InChI=1S/C10H16O5/c1-7(12)13-6-9-4-8(5-11)14-10(2,3)15-9/h5,8-9H,4,6H2,1-3H3. The summed E-state index contributed by atoms with van der Waals surface area (Å²) >= 11 is 0. The zero-order valence-corrected chi connectivity index (χ0v) is 9.19. The van der Waals surface area contributed by atoms with E-state index >= 15 is 0 Å². The molecule has 0 amide bonds. The van der Waals surface area contributed by atoms with Crippen molar-refractivity contribution in [1.29, 1.82) is 0 Å². The van der Waals surface area contributed by atoms with E-state index in [2.05, 4.69) is 0 Å². The Hall–Kier alpha value is -0.940. The topological polar surface area (TPSA) is 61.8 Å². The van der Waals surface area contributed by atoms with E-state index in [-0.39, 0.29) is 18.7 Å². The van der Waals surface area contributed by atoms with Gasteiger partial charge in [-0.1, -0.05) is 0 Å². The molecule has 0 radical (unpaired) electrons. The summed E-state index contributed by atoms with van der Waals surface area (Å²) in [5.74, 6) is -1.17. The van der Waals surface area contributed by atoms with Gasteiger partial charge in [0.15, 0.2) is 5.79 Å². The number of ether oxygens (including phenoxy) is 3. The van der Waals surface area contributed by atoms with Crippen molar-refractivity contribution >= 4 is 12.3 Å². The Labute approximate surface area is 88.7 Å². The first-order valence-corrected chi connectivity index (χ1v) is 4.87. The predicted molar refractivity (Wildman–Crippen MR) is 51.1 cm³/mol. The number of carbonyl (C=O) groups excluding carboxylic acids is 2. The Morgan fingerprint density at radius 3 is 2.73 bits per heavy atom. The van der Waals surface area contributed by atoms with Gasteiger partial charge in [-0.3, -0.25) is 4.79 Å². The van der Waals surface area contributed by atoms with Gasteiger partial charge < -0.3 is 19.0 Å². The van der Waals surface area contributed by atoms with Crippen molar-refractivity contribution in [1.82, 2.24) is 0 Å². The number of hydrogen-bond donors (Lipinski definition) is 0. The number of carbonyl (C=O) groups is 2. The average Bonchev–Trinajstić information content (AvgIpc) is 2.12. The van der Waals surface area contributed by atoms with Crippen molar-refractivity contribution in [3.63, 3.8) is 0 Å². The first kappa shape index (κ1) is 12.1. The van der Waals surface area contributed by atoms with Crippen LogP contribution in [0, 0.1) is 0 Å². The van der Waals surface area contributed by atoms with Gasteiger partial charge in [-0.2, -0.15) is 0 Å². The third-order valence-electron chi connectivity index (χ3n) is 2.01.